The van der Waals surface area contributed by atoms with Gasteiger partial charge in [0.25, 0.3) is 0 Å². The first kappa shape index (κ1) is 83.7. The van der Waals surface area contributed by atoms with Crippen molar-refractivity contribution >= 4 is 35.6 Å². The van der Waals surface area contributed by atoms with E-state index >= 15 is 9.59 Å². The van der Waals surface area contributed by atoms with Gasteiger partial charge in [0, 0.05) is 10.5 Å². The standard InChI is InChI=1S/C98H92O22S/c99-90(70-44-22-6-23-45-70)115-82-78(113-97-87(107-60-69-42-20-5-21-43-69)85(105-58-67-38-16-3-17-39-67)81-77(112-97)62-108-94(119-81)74-52-30-10-31-53-74)63-109-95(88(82)117-92(101)72-48-26-8-27-49-72)120-80-76(61-103-56-65-34-12-1-13-35-65)111-96(86(106-59-68-40-18-4-19-41-68)84(80)104-57-66-36-14-2-15-37-66)114-79-64-110-98(121-75-54-32-11-33-55-75)89(118-93(102)73-50-28-9-29-51-73)83(79)116-91(100)71-46-24-7-25-47-71/h1-55,76-89,94-98H,56-64H2/t76-,77-,78-,79-,80-,81-,82+,83+,84+,85+,86+,87+,88-,89-,94-,95+,96+,97+,98+/m1/s1. The highest BCUT2D eigenvalue weighted by Crippen LogP contribution is 2.43. The number of carbonyl (C=O) groups is 4. The van der Waals surface area contributed by atoms with Crippen molar-refractivity contribution in [3.8, 4) is 0 Å². The molecule has 0 N–H and O–H groups in total. The summed E-state index contributed by atoms with van der Waals surface area (Å²) in [5.74, 6) is -3.14. The number of rotatable bonds is 33. The number of benzene rings is 11. The number of hydrogen-bond donors (Lipinski definition) is 0. The quantitative estimate of drug-likeness (QED) is 0.0275. The van der Waals surface area contributed by atoms with E-state index in [0.717, 1.165) is 38.3 Å². The SMILES string of the molecule is O=C(O[C@@H]1[C@@H](OC(=O)c2ccccc2)[C@H](Sc2ccccc2)OC[C@H]1O[C@@H]1O[C@H](COCc2ccccc2)[C@@H](O[C@@H]2OC[C@@H](O[C@@H]3O[C@@H]4CO[C@@H](c5ccccc5)O[C@H]4[C@H](OCc4ccccc4)[C@@H]3OCc3ccccc3)[C@H](OC(=O)c3ccccc3)[C@H]2OC(=O)c2ccccc2)[C@H](OCc2ccccc2)[C@@H]1OCc1ccccc1)c1ccccc1. The Balaban J connectivity index is 0.799. The molecule has 121 heavy (non-hydrogen) atoms. The molecule has 0 spiro atoms. The molecule has 0 aliphatic carbocycles. The van der Waals surface area contributed by atoms with Gasteiger partial charge in [0.2, 0.25) is 0 Å². The number of hydrogen-bond acceptors (Lipinski definition) is 23. The van der Waals surface area contributed by atoms with E-state index in [1.165, 1.54) is 11.8 Å². The van der Waals surface area contributed by atoms with Crippen molar-refractivity contribution in [2.45, 2.75) is 154 Å². The number of esters is 4. The molecular weight excluding hydrogens is 1560 g/mol. The minimum absolute atomic E-state index is 0.0203. The van der Waals surface area contributed by atoms with E-state index in [0.29, 0.717) is 0 Å². The van der Waals surface area contributed by atoms with E-state index in [2.05, 4.69) is 0 Å². The second-order valence-corrected chi connectivity index (χ2v) is 30.7. The van der Waals surface area contributed by atoms with Gasteiger partial charge in [-0.15, -0.1) is 0 Å². The third-order valence-corrected chi connectivity index (χ3v) is 22.3. The van der Waals surface area contributed by atoms with Crippen LogP contribution in [-0.2, 0) is 118 Å². The number of ether oxygens (including phenoxy) is 18. The molecule has 0 unspecified atom stereocenters. The minimum atomic E-state index is -1.74. The van der Waals surface area contributed by atoms with Gasteiger partial charge in [-0.1, -0.05) is 285 Å². The maximum Gasteiger partial charge on any atom is 0.338 e. The van der Waals surface area contributed by atoms with Gasteiger partial charge in [-0.25, -0.2) is 19.2 Å². The van der Waals surface area contributed by atoms with Crippen molar-refractivity contribution < 1.29 is 104 Å². The van der Waals surface area contributed by atoms with Gasteiger partial charge in [-0.3, -0.25) is 0 Å². The van der Waals surface area contributed by atoms with Crippen LogP contribution in [0.25, 0.3) is 0 Å². The summed E-state index contributed by atoms with van der Waals surface area (Å²) < 4.78 is 127. The zero-order valence-electron chi connectivity index (χ0n) is 66.0. The lowest BCUT2D eigenvalue weighted by molar-refractivity contribution is -0.393. The van der Waals surface area contributed by atoms with Crippen molar-refractivity contribution in [2.75, 3.05) is 26.4 Å². The van der Waals surface area contributed by atoms with Crippen LogP contribution >= 0.6 is 11.8 Å². The Morgan fingerprint density at radius 3 is 1.11 bits per heavy atom. The lowest BCUT2D eigenvalue weighted by Gasteiger charge is -2.51. The molecule has 23 heteroatoms. The summed E-state index contributed by atoms with van der Waals surface area (Å²) in [6, 6.07) is 100. The van der Waals surface area contributed by atoms with E-state index in [4.69, 9.17) is 85.3 Å². The molecule has 0 saturated carbocycles. The Morgan fingerprint density at radius 2 is 0.653 bits per heavy atom. The Kier molecular flexibility index (Phi) is 29.1. The summed E-state index contributed by atoms with van der Waals surface area (Å²) in [4.78, 5) is 61.0. The van der Waals surface area contributed by atoms with Crippen molar-refractivity contribution in [2.24, 2.45) is 0 Å². The van der Waals surface area contributed by atoms with Crippen molar-refractivity contribution in [1.82, 2.24) is 0 Å². The zero-order chi connectivity index (χ0) is 82.3. The van der Waals surface area contributed by atoms with Crippen LogP contribution in [0, 0.1) is 0 Å². The second-order valence-electron chi connectivity index (χ2n) is 29.5. The number of thioether (sulfide) groups is 1. The molecule has 0 bridgehead atoms. The van der Waals surface area contributed by atoms with Gasteiger partial charge in [0.1, 0.15) is 66.5 Å². The third-order valence-electron chi connectivity index (χ3n) is 21.2. The largest absolute Gasteiger partial charge is 0.452 e. The Hall–Kier alpha value is -10.9. The summed E-state index contributed by atoms with van der Waals surface area (Å²) in [5.41, 5.74) is 4.53. The average Bonchev–Trinajstić information content (AvgIpc) is 0.761. The molecule has 19 atom stereocenters. The van der Waals surface area contributed by atoms with Crippen LogP contribution in [0.5, 0.6) is 0 Å². The first-order valence-electron chi connectivity index (χ1n) is 40.5. The molecule has 16 rings (SSSR count). The van der Waals surface area contributed by atoms with Crippen molar-refractivity contribution in [3.63, 3.8) is 0 Å². The lowest BCUT2D eigenvalue weighted by atomic mass is 9.96. The van der Waals surface area contributed by atoms with Crippen LogP contribution in [0.4, 0.5) is 0 Å². The highest BCUT2D eigenvalue weighted by Gasteiger charge is 2.59. The van der Waals surface area contributed by atoms with E-state index in [1.807, 2.05) is 212 Å². The summed E-state index contributed by atoms with van der Waals surface area (Å²) in [6.07, 6.45) is -23.3. The molecule has 5 aliphatic rings. The maximum absolute atomic E-state index is 15.4. The summed E-state index contributed by atoms with van der Waals surface area (Å²) >= 11 is 1.28. The van der Waals surface area contributed by atoms with Crippen LogP contribution in [0.15, 0.2) is 339 Å². The average molecular weight is 1650 g/mol. The number of carbonyl (C=O) groups excluding carboxylic acids is 4. The van der Waals surface area contributed by atoms with Crippen molar-refractivity contribution in [1.29, 1.82) is 0 Å². The fourth-order valence-corrected chi connectivity index (χ4v) is 16.1. The molecule has 5 fully saturated rings. The van der Waals surface area contributed by atoms with E-state index in [1.54, 1.807) is 121 Å². The fourth-order valence-electron chi connectivity index (χ4n) is 15.1. The first-order valence-corrected chi connectivity index (χ1v) is 41.3. The number of fused-ring (bicyclic) bond motifs is 1. The molecular formula is C98H92O22S. The summed E-state index contributed by atoms with van der Waals surface area (Å²) in [5, 5.41) is 0. The third kappa shape index (κ3) is 22.1. The first-order chi connectivity index (χ1) is 59.6. The zero-order valence-corrected chi connectivity index (χ0v) is 66.8. The normalized spacial score (nSPS) is 26.4. The molecule has 0 radical (unpaired) electrons. The Bertz CT molecular complexity index is 4990. The highest BCUT2D eigenvalue weighted by molar-refractivity contribution is 7.99. The van der Waals surface area contributed by atoms with E-state index < -0.39 is 147 Å². The predicted octanol–water partition coefficient (Wildman–Crippen LogP) is 15.7. The van der Waals surface area contributed by atoms with Gasteiger partial charge in [0.15, 0.2) is 49.6 Å². The molecule has 0 amide bonds. The molecule has 11 aromatic rings. The van der Waals surface area contributed by atoms with E-state index in [-0.39, 0.29) is 75.1 Å². The molecule has 622 valence electrons. The van der Waals surface area contributed by atoms with Crippen LogP contribution in [0.2, 0.25) is 0 Å². The predicted molar refractivity (Wildman–Crippen MR) is 442 cm³/mol. The smallest absolute Gasteiger partial charge is 0.338 e. The lowest BCUT2D eigenvalue weighted by Crippen LogP contribution is -2.67. The van der Waals surface area contributed by atoms with Gasteiger partial charge in [-0.05, 0) is 88.5 Å². The summed E-state index contributed by atoms with van der Waals surface area (Å²) in [6.45, 7) is -0.806. The topological polar surface area (TPSA) is 234 Å². The van der Waals surface area contributed by atoms with Gasteiger partial charge in [-0.2, -0.15) is 0 Å². The Labute approximate surface area is 705 Å². The highest BCUT2D eigenvalue weighted by atomic mass is 32.2. The molecule has 22 nitrogen and oxygen atoms in total. The maximum atomic E-state index is 15.4. The van der Waals surface area contributed by atoms with E-state index in [9.17, 15) is 9.59 Å². The minimum Gasteiger partial charge on any atom is -0.452 e. The molecule has 11 aromatic carbocycles. The van der Waals surface area contributed by atoms with Crippen LogP contribution in [0.3, 0.4) is 0 Å². The molecule has 0 aromatic heterocycles. The van der Waals surface area contributed by atoms with Gasteiger partial charge >= 0.3 is 23.9 Å². The van der Waals surface area contributed by atoms with Crippen LogP contribution in [0.1, 0.15) is 81.1 Å². The summed E-state index contributed by atoms with van der Waals surface area (Å²) in [7, 11) is 0. The van der Waals surface area contributed by atoms with Gasteiger partial charge < -0.3 is 85.3 Å². The second kappa shape index (κ2) is 42.1. The van der Waals surface area contributed by atoms with Crippen molar-refractivity contribution in [3.05, 3.63) is 389 Å². The molecule has 5 aliphatic heterocycles. The van der Waals surface area contributed by atoms with Gasteiger partial charge in [0.05, 0.1) is 81.7 Å². The molecule has 5 heterocycles. The molecule has 5 saturated heterocycles. The monoisotopic (exact) mass is 1650 g/mol. The fraction of sp³-hybridized carbons (Fsp3) is 0.286. The van der Waals surface area contributed by atoms with Crippen LogP contribution in [-0.4, -0.2) is 160 Å². The Morgan fingerprint density at radius 1 is 0.298 bits per heavy atom. The van der Waals surface area contributed by atoms with Crippen LogP contribution < -0.4 is 0 Å².